The van der Waals surface area contributed by atoms with Crippen LogP contribution in [0.4, 0.5) is 0 Å². The summed E-state index contributed by atoms with van der Waals surface area (Å²) in [4.78, 5) is 0. The van der Waals surface area contributed by atoms with Crippen molar-refractivity contribution in [3.63, 3.8) is 0 Å². The number of hydrogen-bond donors (Lipinski definition) is 1. The molecule has 0 heterocycles. The first-order valence-corrected chi connectivity index (χ1v) is 9.75. The molecule has 20 heavy (non-hydrogen) atoms. The topological polar surface area (TPSA) is 46.2 Å². The van der Waals surface area contributed by atoms with Crippen molar-refractivity contribution in [2.45, 2.75) is 65.0 Å². The molecule has 3 unspecified atom stereocenters. The van der Waals surface area contributed by atoms with Crippen LogP contribution in [0, 0.1) is 17.8 Å². The highest BCUT2D eigenvalue weighted by atomic mass is 32.2. The number of rotatable bonds is 6. The van der Waals surface area contributed by atoms with Crippen molar-refractivity contribution in [2.24, 2.45) is 17.8 Å². The molecule has 3 atom stereocenters. The van der Waals surface area contributed by atoms with Crippen molar-refractivity contribution < 1.29 is 8.42 Å². The maximum absolute atomic E-state index is 12.3. The smallest absolute Gasteiger partial charge is 0.155 e. The van der Waals surface area contributed by atoms with Crippen LogP contribution >= 0.6 is 0 Å². The lowest BCUT2D eigenvalue weighted by Crippen LogP contribution is -2.36. The van der Waals surface area contributed by atoms with Crippen molar-refractivity contribution in [3.8, 4) is 0 Å². The van der Waals surface area contributed by atoms with Gasteiger partial charge >= 0.3 is 0 Å². The average Bonchev–Trinajstić information content (AvgIpc) is 2.34. The van der Waals surface area contributed by atoms with Crippen molar-refractivity contribution >= 4 is 9.84 Å². The van der Waals surface area contributed by atoms with E-state index in [1.807, 2.05) is 20.8 Å². The highest BCUT2D eigenvalue weighted by molar-refractivity contribution is 7.92. The van der Waals surface area contributed by atoms with Crippen LogP contribution in [0.5, 0.6) is 0 Å². The predicted molar refractivity (Wildman–Crippen MR) is 86.7 cm³/mol. The van der Waals surface area contributed by atoms with E-state index >= 15 is 0 Å². The minimum absolute atomic E-state index is 0.344. The molecule has 120 valence electrons. The Morgan fingerprint density at radius 1 is 1.15 bits per heavy atom. The van der Waals surface area contributed by atoms with Gasteiger partial charge in [0.1, 0.15) is 0 Å². The van der Waals surface area contributed by atoms with E-state index in [1.54, 1.807) is 0 Å². The summed E-state index contributed by atoms with van der Waals surface area (Å²) in [5.74, 6) is 2.31. The average molecular weight is 304 g/mol. The molecule has 0 aliphatic heterocycles. The molecule has 1 aliphatic rings. The van der Waals surface area contributed by atoms with Crippen LogP contribution in [-0.2, 0) is 9.84 Å². The van der Waals surface area contributed by atoms with E-state index in [0.29, 0.717) is 17.6 Å². The third-order valence-electron chi connectivity index (χ3n) is 4.75. The summed E-state index contributed by atoms with van der Waals surface area (Å²) in [6, 6.07) is 0. The Hall–Kier alpha value is -0.0900. The van der Waals surface area contributed by atoms with E-state index in [0.717, 1.165) is 25.4 Å². The van der Waals surface area contributed by atoms with Gasteiger partial charge in [-0.1, -0.05) is 20.3 Å². The van der Waals surface area contributed by atoms with Crippen LogP contribution in [0.15, 0.2) is 0 Å². The van der Waals surface area contributed by atoms with Gasteiger partial charge in [0, 0.05) is 0 Å². The molecule has 1 N–H and O–H groups in total. The van der Waals surface area contributed by atoms with Crippen LogP contribution in [0.3, 0.4) is 0 Å². The zero-order chi connectivity index (χ0) is 15.4. The van der Waals surface area contributed by atoms with Gasteiger partial charge in [-0.25, -0.2) is 8.42 Å². The van der Waals surface area contributed by atoms with Crippen LogP contribution in [-0.4, -0.2) is 32.0 Å². The third kappa shape index (κ3) is 5.03. The molecule has 0 radical (unpaired) electrons. The Kier molecular flexibility index (Phi) is 6.52. The molecule has 1 fully saturated rings. The lowest BCUT2D eigenvalue weighted by molar-refractivity contribution is 0.181. The quantitative estimate of drug-likeness (QED) is 0.819. The Morgan fingerprint density at radius 3 is 2.35 bits per heavy atom. The minimum Gasteiger partial charge on any atom is -0.317 e. The molecule has 4 heteroatoms. The molecule has 0 saturated heterocycles. The molecular weight excluding hydrogens is 270 g/mol. The van der Waals surface area contributed by atoms with Crippen molar-refractivity contribution in [3.05, 3.63) is 0 Å². The molecule has 3 nitrogen and oxygen atoms in total. The molecule has 0 amide bonds. The lowest BCUT2D eigenvalue weighted by Gasteiger charge is -2.35. The van der Waals surface area contributed by atoms with Gasteiger partial charge in [-0.05, 0) is 70.9 Å². The van der Waals surface area contributed by atoms with Crippen LogP contribution in [0.2, 0.25) is 0 Å². The standard InChI is InChI=1S/C16H33NO2S/c1-6-17-12-15-8-7-13(2)11-14(15)9-10-20(18,19)16(3,4)5/h13-15,17H,6-12H2,1-5H3. The van der Waals surface area contributed by atoms with Crippen molar-refractivity contribution in [1.29, 1.82) is 0 Å². The van der Waals surface area contributed by atoms with Gasteiger partial charge in [-0.15, -0.1) is 0 Å². The summed E-state index contributed by atoms with van der Waals surface area (Å²) in [5, 5.41) is 3.44. The van der Waals surface area contributed by atoms with Gasteiger partial charge in [0.2, 0.25) is 0 Å². The molecule has 0 aromatic carbocycles. The summed E-state index contributed by atoms with van der Waals surface area (Å²) < 4.78 is 23.9. The van der Waals surface area contributed by atoms with Gasteiger partial charge in [0.15, 0.2) is 9.84 Å². The largest absolute Gasteiger partial charge is 0.317 e. The first-order chi connectivity index (χ1) is 9.17. The van der Waals surface area contributed by atoms with E-state index in [9.17, 15) is 8.42 Å². The molecule has 1 aliphatic carbocycles. The molecular formula is C16H33NO2S. The summed E-state index contributed by atoms with van der Waals surface area (Å²) in [6.07, 6.45) is 4.56. The second kappa shape index (κ2) is 7.26. The van der Waals surface area contributed by atoms with E-state index in [4.69, 9.17) is 0 Å². The van der Waals surface area contributed by atoms with Gasteiger partial charge in [-0.2, -0.15) is 0 Å². The summed E-state index contributed by atoms with van der Waals surface area (Å²) in [7, 11) is -2.98. The second-order valence-electron chi connectivity index (χ2n) is 7.47. The molecule has 0 spiro atoms. The maximum atomic E-state index is 12.3. The monoisotopic (exact) mass is 303 g/mol. The molecule has 0 aromatic heterocycles. The molecule has 0 aromatic rings. The van der Waals surface area contributed by atoms with Gasteiger partial charge in [0.05, 0.1) is 10.5 Å². The van der Waals surface area contributed by atoms with Gasteiger partial charge in [0.25, 0.3) is 0 Å². The van der Waals surface area contributed by atoms with E-state index in [2.05, 4.69) is 19.2 Å². The predicted octanol–water partition coefficient (Wildman–Crippen LogP) is 3.25. The van der Waals surface area contributed by atoms with E-state index < -0.39 is 14.6 Å². The fourth-order valence-corrected chi connectivity index (χ4v) is 4.35. The zero-order valence-electron chi connectivity index (χ0n) is 13.9. The zero-order valence-corrected chi connectivity index (χ0v) is 14.7. The van der Waals surface area contributed by atoms with Crippen LogP contribution in [0.25, 0.3) is 0 Å². The first-order valence-electron chi connectivity index (χ1n) is 8.10. The lowest BCUT2D eigenvalue weighted by atomic mass is 9.73. The first kappa shape index (κ1) is 18.0. The Bertz CT molecular complexity index is 382. The SMILES string of the molecule is CCNCC1CCC(C)CC1CCS(=O)(=O)C(C)(C)C. The molecule has 1 saturated carbocycles. The highest BCUT2D eigenvalue weighted by Crippen LogP contribution is 2.36. The summed E-state index contributed by atoms with van der Waals surface area (Å²) in [6.45, 7) is 11.9. The maximum Gasteiger partial charge on any atom is 0.155 e. The Labute approximate surface area is 125 Å². The fourth-order valence-electron chi connectivity index (χ4n) is 3.13. The van der Waals surface area contributed by atoms with E-state index in [1.165, 1.54) is 19.3 Å². The summed E-state index contributed by atoms with van der Waals surface area (Å²) in [5.41, 5.74) is 0. The third-order valence-corrected chi connectivity index (χ3v) is 7.39. The molecule has 1 rings (SSSR count). The number of hydrogen-bond acceptors (Lipinski definition) is 3. The number of sulfone groups is 1. The van der Waals surface area contributed by atoms with Crippen LogP contribution < -0.4 is 5.32 Å². The fraction of sp³-hybridized carbons (Fsp3) is 1.00. The molecule has 0 bridgehead atoms. The van der Waals surface area contributed by atoms with Crippen LogP contribution in [0.1, 0.15) is 60.3 Å². The highest BCUT2D eigenvalue weighted by Gasteiger charge is 2.33. The van der Waals surface area contributed by atoms with E-state index in [-0.39, 0.29) is 0 Å². The Morgan fingerprint density at radius 2 is 1.80 bits per heavy atom. The normalized spacial score (nSPS) is 28.6. The van der Waals surface area contributed by atoms with Gasteiger partial charge < -0.3 is 5.32 Å². The van der Waals surface area contributed by atoms with Gasteiger partial charge in [-0.3, -0.25) is 0 Å². The second-order valence-corrected chi connectivity index (χ2v) is 10.3. The Balaban J connectivity index is 2.61. The number of nitrogens with one attached hydrogen (secondary N) is 1. The minimum atomic E-state index is -2.98. The van der Waals surface area contributed by atoms with Crippen molar-refractivity contribution in [2.75, 3.05) is 18.8 Å². The summed E-state index contributed by atoms with van der Waals surface area (Å²) >= 11 is 0. The van der Waals surface area contributed by atoms with Crippen molar-refractivity contribution in [1.82, 2.24) is 5.32 Å².